The molecule has 3 rings (SSSR count). The van der Waals surface area contributed by atoms with Gasteiger partial charge in [0, 0.05) is 18.2 Å². The van der Waals surface area contributed by atoms with E-state index in [0.29, 0.717) is 30.8 Å². The third kappa shape index (κ3) is 4.25. The van der Waals surface area contributed by atoms with Crippen LogP contribution in [0.25, 0.3) is 0 Å². The molecule has 2 aromatic carbocycles. The number of carbonyl (C=O) groups is 1. The molecule has 1 aliphatic rings. The minimum Gasteiger partial charge on any atom is -0.396 e. The normalized spacial score (nSPS) is 21.0. The lowest BCUT2D eigenvalue weighted by atomic mass is 9.81. The molecule has 0 aromatic heterocycles. The van der Waals surface area contributed by atoms with E-state index < -0.39 is 5.54 Å². The third-order valence-corrected chi connectivity index (χ3v) is 5.62. The predicted octanol–water partition coefficient (Wildman–Crippen LogP) is 4.62. The number of nitrogens with zero attached hydrogens (tertiary/aromatic N) is 1. The molecule has 0 unspecified atom stereocenters. The molecule has 2 aromatic rings. The van der Waals surface area contributed by atoms with Crippen LogP contribution in [0.1, 0.15) is 43.4 Å². The van der Waals surface area contributed by atoms with Crippen LogP contribution in [0.15, 0.2) is 48.5 Å². The van der Waals surface area contributed by atoms with Gasteiger partial charge in [-0.1, -0.05) is 35.9 Å². The van der Waals surface area contributed by atoms with Gasteiger partial charge in [-0.05, 0) is 61.6 Å². The van der Waals surface area contributed by atoms with Gasteiger partial charge < -0.3 is 15.3 Å². The molecule has 2 atom stereocenters. The van der Waals surface area contributed by atoms with E-state index >= 15 is 0 Å². The summed E-state index contributed by atoms with van der Waals surface area (Å²) in [7, 11) is 0. The fourth-order valence-corrected chi connectivity index (χ4v) is 3.87. The Balaban J connectivity index is 1.81. The molecule has 1 saturated heterocycles. The number of aliphatic hydroxyl groups excluding tert-OH is 1. The van der Waals surface area contributed by atoms with Crippen LogP contribution in [0, 0.1) is 5.82 Å². The van der Waals surface area contributed by atoms with Gasteiger partial charge in [-0.3, -0.25) is 0 Å². The van der Waals surface area contributed by atoms with Crippen LogP contribution in [0.5, 0.6) is 0 Å². The molecular formula is C21H24ClFN2O2. The molecule has 6 heteroatoms. The molecule has 1 heterocycles. The minimum atomic E-state index is -0.594. The Bertz CT molecular complexity index is 782. The average molecular weight is 391 g/mol. The largest absolute Gasteiger partial charge is 0.396 e. The Hall–Kier alpha value is -2.11. The number of rotatable bonds is 6. The molecule has 0 spiro atoms. The van der Waals surface area contributed by atoms with Crippen molar-refractivity contribution in [2.45, 2.75) is 37.8 Å². The number of amides is 2. The van der Waals surface area contributed by atoms with Crippen molar-refractivity contribution in [3.05, 3.63) is 70.5 Å². The molecule has 4 nitrogen and oxygen atoms in total. The predicted molar refractivity (Wildman–Crippen MR) is 104 cm³/mol. The molecule has 0 aliphatic carbocycles. The van der Waals surface area contributed by atoms with Gasteiger partial charge in [0.1, 0.15) is 5.82 Å². The topological polar surface area (TPSA) is 52.6 Å². The fraction of sp³-hybridized carbons (Fsp3) is 0.381. The maximum Gasteiger partial charge on any atom is 0.318 e. The summed E-state index contributed by atoms with van der Waals surface area (Å²) in [6.45, 7) is 2.60. The first-order valence-corrected chi connectivity index (χ1v) is 9.54. The fourth-order valence-electron chi connectivity index (χ4n) is 3.74. The van der Waals surface area contributed by atoms with E-state index in [1.165, 1.54) is 12.1 Å². The first-order chi connectivity index (χ1) is 12.9. The SMILES string of the molecule is C[C@@H](c1ccc(Cl)cc1)N1CC[C@](CCCO)(c2ccc(F)cc2)NC1=O. The lowest BCUT2D eigenvalue weighted by molar-refractivity contribution is 0.117. The second-order valence-corrected chi connectivity index (χ2v) is 7.45. The number of halogens is 2. The van der Waals surface area contributed by atoms with Crippen molar-refractivity contribution >= 4 is 17.6 Å². The van der Waals surface area contributed by atoms with Crippen molar-refractivity contribution < 1.29 is 14.3 Å². The van der Waals surface area contributed by atoms with Gasteiger partial charge in [0.15, 0.2) is 0 Å². The summed E-state index contributed by atoms with van der Waals surface area (Å²) in [4.78, 5) is 14.7. The van der Waals surface area contributed by atoms with Crippen LogP contribution in [0.4, 0.5) is 9.18 Å². The van der Waals surface area contributed by atoms with Crippen molar-refractivity contribution in [3.63, 3.8) is 0 Å². The minimum absolute atomic E-state index is 0.0453. The summed E-state index contributed by atoms with van der Waals surface area (Å²) in [5.41, 5.74) is 1.28. The Labute approximate surface area is 164 Å². The zero-order valence-corrected chi connectivity index (χ0v) is 16.0. The van der Waals surface area contributed by atoms with Gasteiger partial charge in [-0.25, -0.2) is 9.18 Å². The van der Waals surface area contributed by atoms with Crippen LogP contribution in [0.3, 0.4) is 0 Å². The molecule has 0 radical (unpaired) electrons. The average Bonchev–Trinajstić information content (AvgIpc) is 2.67. The molecular weight excluding hydrogens is 367 g/mol. The molecule has 2 N–H and O–H groups in total. The molecule has 144 valence electrons. The molecule has 1 fully saturated rings. The van der Waals surface area contributed by atoms with Crippen LogP contribution >= 0.6 is 11.6 Å². The van der Waals surface area contributed by atoms with Crippen LogP contribution in [-0.2, 0) is 5.54 Å². The standard InChI is InChI=1S/C21H24ClFN2O2/c1-15(16-3-7-18(22)8-4-16)25-13-12-21(11-2-14-26,24-20(25)27)17-5-9-19(23)10-6-17/h3-10,15,26H,2,11-14H2,1H3,(H,24,27)/t15-,21+/m0/s1. The van der Waals surface area contributed by atoms with Crippen molar-refractivity contribution in [3.8, 4) is 0 Å². The van der Waals surface area contributed by atoms with E-state index in [9.17, 15) is 14.3 Å². The van der Waals surface area contributed by atoms with Gasteiger partial charge in [-0.15, -0.1) is 0 Å². The summed E-state index contributed by atoms with van der Waals surface area (Å²) in [6.07, 6.45) is 1.84. The van der Waals surface area contributed by atoms with Gasteiger partial charge in [0.25, 0.3) is 0 Å². The van der Waals surface area contributed by atoms with Gasteiger partial charge >= 0.3 is 6.03 Å². The molecule has 1 aliphatic heterocycles. The highest BCUT2D eigenvalue weighted by Crippen LogP contribution is 2.36. The van der Waals surface area contributed by atoms with E-state index in [4.69, 9.17) is 11.6 Å². The highest BCUT2D eigenvalue weighted by Gasteiger charge is 2.40. The van der Waals surface area contributed by atoms with Gasteiger partial charge in [0.05, 0.1) is 11.6 Å². The van der Waals surface area contributed by atoms with Crippen LogP contribution in [-0.4, -0.2) is 29.2 Å². The number of hydrogen-bond acceptors (Lipinski definition) is 2. The summed E-state index contributed by atoms with van der Waals surface area (Å²) in [6, 6.07) is 13.5. The van der Waals surface area contributed by atoms with E-state index in [1.54, 1.807) is 17.0 Å². The smallest absolute Gasteiger partial charge is 0.318 e. The van der Waals surface area contributed by atoms with Crippen LogP contribution < -0.4 is 5.32 Å². The highest BCUT2D eigenvalue weighted by atomic mass is 35.5. The summed E-state index contributed by atoms with van der Waals surface area (Å²) in [5, 5.41) is 13.1. The maximum absolute atomic E-state index is 13.3. The van der Waals surface area contributed by atoms with Crippen molar-refractivity contribution in [1.29, 1.82) is 0 Å². The van der Waals surface area contributed by atoms with E-state index in [0.717, 1.165) is 11.1 Å². The van der Waals surface area contributed by atoms with E-state index in [1.807, 2.05) is 31.2 Å². The first-order valence-electron chi connectivity index (χ1n) is 9.16. The molecule has 0 bridgehead atoms. The number of benzene rings is 2. The number of nitrogens with one attached hydrogen (secondary N) is 1. The quantitative estimate of drug-likeness (QED) is 0.755. The van der Waals surface area contributed by atoms with Crippen molar-refractivity contribution in [2.75, 3.05) is 13.2 Å². The lowest BCUT2D eigenvalue weighted by Crippen LogP contribution is -2.58. The van der Waals surface area contributed by atoms with Gasteiger partial charge in [-0.2, -0.15) is 0 Å². The summed E-state index contributed by atoms with van der Waals surface area (Å²) in [5.74, 6) is -0.309. The second kappa shape index (κ2) is 8.28. The van der Waals surface area contributed by atoms with E-state index in [2.05, 4.69) is 5.32 Å². The number of carbonyl (C=O) groups excluding carboxylic acids is 1. The number of urea groups is 1. The Morgan fingerprint density at radius 2 is 1.89 bits per heavy atom. The maximum atomic E-state index is 13.3. The number of aliphatic hydroxyl groups is 1. The monoisotopic (exact) mass is 390 g/mol. The first kappa shape index (κ1) is 19.6. The van der Waals surface area contributed by atoms with E-state index in [-0.39, 0.29) is 24.5 Å². The zero-order valence-electron chi connectivity index (χ0n) is 15.3. The summed E-state index contributed by atoms with van der Waals surface area (Å²) >= 11 is 5.96. The third-order valence-electron chi connectivity index (χ3n) is 5.36. The molecule has 27 heavy (non-hydrogen) atoms. The zero-order chi connectivity index (χ0) is 19.4. The molecule has 0 saturated carbocycles. The van der Waals surface area contributed by atoms with Crippen LogP contribution in [0.2, 0.25) is 5.02 Å². The second-order valence-electron chi connectivity index (χ2n) is 7.02. The van der Waals surface area contributed by atoms with Gasteiger partial charge in [0.2, 0.25) is 0 Å². The van der Waals surface area contributed by atoms with Crippen molar-refractivity contribution in [2.24, 2.45) is 0 Å². The Morgan fingerprint density at radius 3 is 2.48 bits per heavy atom. The van der Waals surface area contributed by atoms with Crippen molar-refractivity contribution in [1.82, 2.24) is 10.2 Å². The summed E-state index contributed by atoms with van der Waals surface area (Å²) < 4.78 is 13.3. The Morgan fingerprint density at radius 1 is 1.22 bits per heavy atom. The Kier molecular flexibility index (Phi) is 6.02. The lowest BCUT2D eigenvalue weighted by Gasteiger charge is -2.45. The number of hydrogen-bond donors (Lipinski definition) is 2. The highest BCUT2D eigenvalue weighted by molar-refractivity contribution is 6.30. The molecule has 2 amide bonds.